The van der Waals surface area contributed by atoms with E-state index in [-0.39, 0.29) is 6.03 Å². The molecule has 3 aromatic rings. The van der Waals surface area contributed by atoms with Gasteiger partial charge in [-0.2, -0.15) is 10.4 Å². The smallest absolute Gasteiger partial charge is 0.328 e. The zero-order valence-corrected chi connectivity index (χ0v) is 15.7. The third-order valence-electron chi connectivity index (χ3n) is 4.59. The first-order valence-corrected chi connectivity index (χ1v) is 9.36. The molecule has 0 saturated heterocycles. The average molecular weight is 385 g/mol. The second-order valence-electron chi connectivity index (χ2n) is 6.58. The van der Waals surface area contributed by atoms with Gasteiger partial charge in [0.25, 0.3) is 0 Å². The lowest BCUT2D eigenvalue weighted by Gasteiger charge is -2.27. The van der Waals surface area contributed by atoms with Crippen molar-refractivity contribution >= 4 is 23.4 Å². The van der Waals surface area contributed by atoms with Gasteiger partial charge in [0.15, 0.2) is 11.6 Å². The predicted octanol–water partition coefficient (Wildman–Crippen LogP) is 3.65. The first-order chi connectivity index (χ1) is 14.2. The maximum atomic E-state index is 13.0. The van der Waals surface area contributed by atoms with Crippen molar-refractivity contribution in [2.24, 2.45) is 0 Å². The fourth-order valence-corrected chi connectivity index (χ4v) is 3.17. The second-order valence-corrected chi connectivity index (χ2v) is 6.58. The molecule has 0 aliphatic carbocycles. The molecule has 8 nitrogen and oxygen atoms in total. The Balaban J connectivity index is 1.71. The van der Waals surface area contributed by atoms with Crippen molar-refractivity contribution in [1.82, 2.24) is 15.2 Å². The minimum Gasteiger partial charge on any atom is -0.382 e. The van der Waals surface area contributed by atoms with E-state index in [1.165, 1.54) is 0 Å². The molecule has 0 unspecified atom stereocenters. The van der Waals surface area contributed by atoms with E-state index in [0.29, 0.717) is 29.4 Å². The van der Waals surface area contributed by atoms with Crippen LogP contribution in [-0.2, 0) is 0 Å². The minimum absolute atomic E-state index is 0.314. The third-order valence-corrected chi connectivity index (χ3v) is 4.59. The number of hydrogen-bond acceptors (Lipinski definition) is 6. The number of carbonyl (C=O) groups excluding carboxylic acids is 1. The molecule has 144 valence electrons. The van der Waals surface area contributed by atoms with E-state index in [0.717, 1.165) is 30.6 Å². The highest BCUT2D eigenvalue weighted by molar-refractivity contribution is 6.02. The van der Waals surface area contributed by atoms with Crippen molar-refractivity contribution in [3.05, 3.63) is 60.3 Å². The highest BCUT2D eigenvalue weighted by atomic mass is 16.2. The molecule has 1 aliphatic heterocycles. The van der Waals surface area contributed by atoms with Crippen molar-refractivity contribution in [2.75, 3.05) is 28.6 Å². The minimum atomic E-state index is -0.314. The normalized spacial score (nSPS) is 13.3. The topological polar surface area (TPSA) is 107 Å². The number of aromatic nitrogens is 3. The molecule has 2 amide bonds. The van der Waals surface area contributed by atoms with Crippen molar-refractivity contribution in [3.8, 4) is 17.3 Å². The largest absolute Gasteiger partial charge is 0.382 e. The molecule has 0 fully saturated rings. The number of benzene rings is 1. The van der Waals surface area contributed by atoms with E-state index in [4.69, 9.17) is 4.98 Å². The van der Waals surface area contributed by atoms with Gasteiger partial charge in [0, 0.05) is 24.8 Å². The Morgan fingerprint density at radius 1 is 1.17 bits per heavy atom. The SMILES string of the molecule is N#Cc1cccc(-c2ccc3c(n2)N(C(=O)Nc2cccnn2)CCCCN3)c1. The van der Waals surface area contributed by atoms with Crippen LogP contribution in [0.1, 0.15) is 18.4 Å². The summed E-state index contributed by atoms with van der Waals surface area (Å²) in [5.41, 5.74) is 2.87. The van der Waals surface area contributed by atoms with Gasteiger partial charge in [0.05, 0.1) is 23.0 Å². The molecule has 8 heteroatoms. The average Bonchev–Trinajstić information content (AvgIpc) is 2.75. The molecule has 0 atom stereocenters. The summed E-state index contributed by atoms with van der Waals surface area (Å²) >= 11 is 0. The number of hydrogen-bond donors (Lipinski definition) is 2. The second kappa shape index (κ2) is 8.35. The molecule has 1 aromatic carbocycles. The Kier molecular flexibility index (Phi) is 5.29. The van der Waals surface area contributed by atoms with Gasteiger partial charge in [-0.3, -0.25) is 10.2 Å². The molecule has 4 rings (SSSR count). The molecule has 2 aromatic heterocycles. The van der Waals surface area contributed by atoms with Gasteiger partial charge in [-0.05, 0) is 49.2 Å². The van der Waals surface area contributed by atoms with E-state index in [1.807, 2.05) is 24.3 Å². The van der Waals surface area contributed by atoms with Crippen molar-refractivity contribution in [1.29, 1.82) is 5.26 Å². The fraction of sp³-hybridized carbons (Fsp3) is 0.190. The number of fused-ring (bicyclic) bond motifs is 1. The zero-order chi connectivity index (χ0) is 20.1. The Labute approximate surface area is 168 Å². The molecule has 3 heterocycles. The van der Waals surface area contributed by atoms with E-state index < -0.39 is 0 Å². The Bertz CT molecular complexity index is 1060. The summed E-state index contributed by atoms with van der Waals surface area (Å²) in [7, 11) is 0. The van der Waals surface area contributed by atoms with E-state index >= 15 is 0 Å². The van der Waals surface area contributed by atoms with Crippen LogP contribution in [0.3, 0.4) is 0 Å². The molecule has 29 heavy (non-hydrogen) atoms. The van der Waals surface area contributed by atoms with Crippen molar-refractivity contribution in [3.63, 3.8) is 0 Å². The molecular formula is C21H19N7O. The quantitative estimate of drug-likeness (QED) is 0.697. The molecule has 0 spiro atoms. The summed E-state index contributed by atoms with van der Waals surface area (Å²) in [6.45, 7) is 1.35. The highest BCUT2D eigenvalue weighted by Crippen LogP contribution is 2.30. The fourth-order valence-electron chi connectivity index (χ4n) is 3.17. The van der Waals surface area contributed by atoms with Crippen LogP contribution in [0, 0.1) is 11.3 Å². The summed E-state index contributed by atoms with van der Waals surface area (Å²) in [4.78, 5) is 19.4. The standard InChI is InChI=1S/C21H19N7O/c22-14-15-5-3-6-16(13-15)17-8-9-18-20(25-17)28(12-2-1-10-23-18)21(29)26-19-7-4-11-24-27-19/h3-9,11,13,23H,1-2,10,12H2,(H,26,27,29). The van der Waals surface area contributed by atoms with Crippen LogP contribution >= 0.6 is 0 Å². The number of rotatable bonds is 2. The number of amides is 2. The first kappa shape index (κ1) is 18.4. The first-order valence-electron chi connectivity index (χ1n) is 9.36. The van der Waals surface area contributed by atoms with Crippen LogP contribution in [0.5, 0.6) is 0 Å². The maximum Gasteiger partial charge on any atom is 0.328 e. The summed E-state index contributed by atoms with van der Waals surface area (Å²) in [6.07, 6.45) is 3.34. The van der Waals surface area contributed by atoms with E-state index in [2.05, 4.69) is 26.9 Å². The number of anilines is 3. The van der Waals surface area contributed by atoms with E-state index in [1.54, 1.807) is 35.4 Å². The van der Waals surface area contributed by atoms with Crippen LogP contribution in [0.25, 0.3) is 11.3 Å². The summed E-state index contributed by atoms with van der Waals surface area (Å²) < 4.78 is 0. The van der Waals surface area contributed by atoms with Gasteiger partial charge in [0.2, 0.25) is 0 Å². The van der Waals surface area contributed by atoms with Gasteiger partial charge in [0.1, 0.15) is 0 Å². The van der Waals surface area contributed by atoms with Crippen molar-refractivity contribution < 1.29 is 4.79 Å². The Morgan fingerprint density at radius 3 is 2.93 bits per heavy atom. The number of nitrogens with one attached hydrogen (secondary N) is 2. The number of urea groups is 1. The predicted molar refractivity (Wildman–Crippen MR) is 111 cm³/mol. The lowest BCUT2D eigenvalue weighted by Crippen LogP contribution is -2.38. The monoisotopic (exact) mass is 385 g/mol. The molecule has 2 N–H and O–H groups in total. The van der Waals surface area contributed by atoms with Gasteiger partial charge < -0.3 is 5.32 Å². The number of carbonyl (C=O) groups is 1. The van der Waals surface area contributed by atoms with Crippen LogP contribution in [0.4, 0.5) is 22.1 Å². The molecule has 0 radical (unpaired) electrons. The maximum absolute atomic E-state index is 13.0. The van der Waals surface area contributed by atoms with Gasteiger partial charge in [-0.15, -0.1) is 5.10 Å². The molecule has 0 saturated carbocycles. The van der Waals surface area contributed by atoms with Gasteiger partial charge in [-0.1, -0.05) is 12.1 Å². The highest BCUT2D eigenvalue weighted by Gasteiger charge is 2.23. The van der Waals surface area contributed by atoms with Gasteiger partial charge in [-0.25, -0.2) is 9.78 Å². The van der Waals surface area contributed by atoms with Crippen molar-refractivity contribution in [2.45, 2.75) is 12.8 Å². The number of nitrogens with zero attached hydrogens (tertiary/aromatic N) is 5. The van der Waals surface area contributed by atoms with Crippen LogP contribution in [0.15, 0.2) is 54.7 Å². The van der Waals surface area contributed by atoms with Gasteiger partial charge >= 0.3 is 6.03 Å². The lowest BCUT2D eigenvalue weighted by atomic mass is 10.1. The summed E-state index contributed by atoms with van der Waals surface area (Å²) in [5, 5.41) is 23.0. The van der Waals surface area contributed by atoms with Crippen LogP contribution < -0.4 is 15.5 Å². The Morgan fingerprint density at radius 2 is 2.10 bits per heavy atom. The lowest BCUT2D eigenvalue weighted by molar-refractivity contribution is 0.256. The summed E-state index contributed by atoms with van der Waals surface area (Å²) in [6, 6.07) is 16.3. The molecular weight excluding hydrogens is 366 g/mol. The number of nitriles is 1. The van der Waals surface area contributed by atoms with Crippen LogP contribution in [0.2, 0.25) is 0 Å². The number of pyridine rings is 1. The molecule has 1 aliphatic rings. The van der Waals surface area contributed by atoms with E-state index in [9.17, 15) is 10.1 Å². The molecule has 0 bridgehead atoms. The third kappa shape index (κ3) is 4.14. The van der Waals surface area contributed by atoms with Crippen LogP contribution in [-0.4, -0.2) is 34.3 Å². The summed E-state index contributed by atoms with van der Waals surface area (Å²) in [5.74, 6) is 0.929. The zero-order valence-electron chi connectivity index (χ0n) is 15.7. The Hall–Kier alpha value is -3.99.